The third-order valence-electron chi connectivity index (χ3n) is 4.17. The first-order valence-electron chi connectivity index (χ1n) is 7.12. The summed E-state index contributed by atoms with van der Waals surface area (Å²) >= 11 is 0. The van der Waals surface area contributed by atoms with Gasteiger partial charge in [-0.1, -0.05) is 6.92 Å². The molecule has 0 radical (unpaired) electrons. The fraction of sp³-hybridized carbons (Fsp3) is 0.714. The molecule has 0 bridgehead atoms. The second-order valence-electron chi connectivity index (χ2n) is 5.59. The second-order valence-corrected chi connectivity index (χ2v) is 5.59. The summed E-state index contributed by atoms with van der Waals surface area (Å²) in [5, 5.41) is 0. The Balaban J connectivity index is 1.86. The van der Waals surface area contributed by atoms with Gasteiger partial charge in [-0.2, -0.15) is 0 Å². The van der Waals surface area contributed by atoms with E-state index in [1.54, 1.807) is 4.90 Å². The van der Waals surface area contributed by atoms with Crippen molar-refractivity contribution in [1.29, 1.82) is 0 Å². The van der Waals surface area contributed by atoms with Crippen LogP contribution in [-0.4, -0.2) is 60.2 Å². The highest BCUT2D eigenvalue weighted by Crippen LogP contribution is 2.24. The van der Waals surface area contributed by atoms with E-state index in [4.69, 9.17) is 4.74 Å². The van der Waals surface area contributed by atoms with Crippen molar-refractivity contribution in [2.45, 2.75) is 26.2 Å². The van der Waals surface area contributed by atoms with E-state index in [1.807, 2.05) is 6.92 Å². The Morgan fingerprint density at radius 2 is 1.81 bits per heavy atom. The minimum Gasteiger partial charge on any atom is -0.469 e. The number of likely N-dealkylation sites (tertiary alicyclic amines) is 2. The summed E-state index contributed by atoms with van der Waals surface area (Å²) in [5.74, 6) is -1.11. The van der Waals surface area contributed by atoms with Crippen molar-refractivity contribution < 1.29 is 23.9 Å². The van der Waals surface area contributed by atoms with Gasteiger partial charge in [0.2, 0.25) is 17.7 Å². The third-order valence-corrected chi connectivity index (χ3v) is 4.17. The van der Waals surface area contributed by atoms with Gasteiger partial charge in [0.25, 0.3) is 0 Å². The SMILES string of the molecule is COC(=O)C1CN(C(=O)CCN2C(=O)CCC2=O)CC1C. The summed E-state index contributed by atoms with van der Waals surface area (Å²) < 4.78 is 4.73. The van der Waals surface area contributed by atoms with E-state index in [0.29, 0.717) is 13.1 Å². The van der Waals surface area contributed by atoms with Crippen molar-refractivity contribution >= 4 is 23.7 Å². The van der Waals surface area contributed by atoms with E-state index < -0.39 is 0 Å². The lowest BCUT2D eigenvalue weighted by Crippen LogP contribution is -2.36. The molecule has 2 unspecified atom stereocenters. The zero-order valence-corrected chi connectivity index (χ0v) is 12.3. The van der Waals surface area contributed by atoms with E-state index in [2.05, 4.69) is 0 Å². The van der Waals surface area contributed by atoms with Gasteiger partial charge in [0.1, 0.15) is 0 Å². The van der Waals surface area contributed by atoms with Crippen LogP contribution in [0.5, 0.6) is 0 Å². The van der Waals surface area contributed by atoms with Gasteiger partial charge in [-0.15, -0.1) is 0 Å². The van der Waals surface area contributed by atoms with E-state index >= 15 is 0 Å². The number of hydrogen-bond donors (Lipinski definition) is 0. The van der Waals surface area contributed by atoms with Crippen molar-refractivity contribution in [2.75, 3.05) is 26.7 Å². The average Bonchev–Trinajstić information content (AvgIpc) is 2.99. The van der Waals surface area contributed by atoms with Crippen LogP contribution in [0.1, 0.15) is 26.2 Å². The zero-order chi connectivity index (χ0) is 15.6. The molecule has 0 aromatic heterocycles. The zero-order valence-electron chi connectivity index (χ0n) is 12.3. The quantitative estimate of drug-likeness (QED) is 0.529. The van der Waals surface area contributed by atoms with E-state index in [-0.39, 0.29) is 61.3 Å². The molecule has 7 nitrogen and oxygen atoms in total. The summed E-state index contributed by atoms with van der Waals surface area (Å²) in [5.41, 5.74) is 0. The number of imide groups is 1. The maximum atomic E-state index is 12.1. The molecule has 0 N–H and O–H groups in total. The second kappa shape index (κ2) is 6.24. The van der Waals surface area contributed by atoms with Gasteiger partial charge < -0.3 is 9.64 Å². The molecule has 2 fully saturated rings. The van der Waals surface area contributed by atoms with Crippen LogP contribution in [0.2, 0.25) is 0 Å². The van der Waals surface area contributed by atoms with Crippen LogP contribution >= 0.6 is 0 Å². The Labute approximate surface area is 123 Å². The number of ether oxygens (including phenoxy) is 1. The summed E-state index contributed by atoms with van der Waals surface area (Å²) in [6, 6.07) is 0. The summed E-state index contributed by atoms with van der Waals surface area (Å²) in [6.07, 6.45) is 0.578. The van der Waals surface area contributed by atoms with Crippen LogP contribution in [-0.2, 0) is 23.9 Å². The van der Waals surface area contributed by atoms with Gasteiger partial charge in [0.05, 0.1) is 13.0 Å². The monoisotopic (exact) mass is 296 g/mol. The number of nitrogens with zero attached hydrogens (tertiary/aromatic N) is 2. The molecule has 2 aliphatic heterocycles. The standard InChI is InChI=1S/C14H20N2O5/c1-9-7-15(8-10(9)14(20)21-2)11(17)5-6-16-12(18)3-4-13(16)19/h9-10H,3-8H2,1-2H3. The van der Waals surface area contributed by atoms with Crippen LogP contribution in [0, 0.1) is 11.8 Å². The number of esters is 1. The van der Waals surface area contributed by atoms with Crippen molar-refractivity contribution in [1.82, 2.24) is 9.80 Å². The van der Waals surface area contributed by atoms with Gasteiger partial charge in [-0.3, -0.25) is 24.1 Å². The average molecular weight is 296 g/mol. The van der Waals surface area contributed by atoms with Crippen LogP contribution in [0.25, 0.3) is 0 Å². The van der Waals surface area contributed by atoms with Gasteiger partial charge in [-0.25, -0.2) is 0 Å². The highest BCUT2D eigenvalue weighted by Gasteiger charge is 2.38. The van der Waals surface area contributed by atoms with Gasteiger partial charge in [0, 0.05) is 38.9 Å². The summed E-state index contributed by atoms with van der Waals surface area (Å²) in [6.45, 7) is 2.88. The highest BCUT2D eigenvalue weighted by atomic mass is 16.5. The molecule has 2 atom stereocenters. The third kappa shape index (κ3) is 3.22. The molecule has 116 valence electrons. The molecule has 0 aromatic carbocycles. The number of hydrogen-bond acceptors (Lipinski definition) is 5. The summed E-state index contributed by atoms with van der Waals surface area (Å²) in [7, 11) is 1.34. The molecular formula is C14H20N2O5. The predicted molar refractivity (Wildman–Crippen MR) is 71.8 cm³/mol. The van der Waals surface area contributed by atoms with Crippen LogP contribution in [0.4, 0.5) is 0 Å². The van der Waals surface area contributed by atoms with Crippen LogP contribution in [0.15, 0.2) is 0 Å². The van der Waals surface area contributed by atoms with Gasteiger partial charge >= 0.3 is 5.97 Å². The lowest BCUT2D eigenvalue weighted by molar-refractivity contribution is -0.146. The minimum atomic E-state index is -0.303. The topological polar surface area (TPSA) is 84.0 Å². The first-order valence-corrected chi connectivity index (χ1v) is 7.12. The van der Waals surface area contributed by atoms with E-state index in [0.717, 1.165) is 4.90 Å². The fourth-order valence-corrected chi connectivity index (χ4v) is 2.87. The predicted octanol–water partition coefficient (Wildman–Crippen LogP) is -0.207. The normalized spacial score (nSPS) is 25.6. The molecular weight excluding hydrogens is 276 g/mol. The molecule has 0 spiro atoms. The number of carbonyl (C=O) groups excluding carboxylic acids is 4. The first kappa shape index (κ1) is 15.5. The minimum absolute atomic E-state index is 0.0523. The van der Waals surface area contributed by atoms with E-state index in [9.17, 15) is 19.2 Å². The van der Waals surface area contributed by atoms with Crippen molar-refractivity contribution in [3.8, 4) is 0 Å². The molecule has 2 saturated heterocycles. The van der Waals surface area contributed by atoms with E-state index in [1.165, 1.54) is 7.11 Å². The lowest BCUT2D eigenvalue weighted by atomic mass is 9.99. The maximum Gasteiger partial charge on any atom is 0.310 e. The number of methoxy groups -OCH3 is 1. The number of rotatable bonds is 4. The molecule has 0 aromatic rings. The van der Waals surface area contributed by atoms with Crippen LogP contribution < -0.4 is 0 Å². The van der Waals surface area contributed by atoms with Crippen molar-refractivity contribution in [3.63, 3.8) is 0 Å². The van der Waals surface area contributed by atoms with Crippen LogP contribution in [0.3, 0.4) is 0 Å². The van der Waals surface area contributed by atoms with Crippen molar-refractivity contribution in [2.24, 2.45) is 11.8 Å². The largest absolute Gasteiger partial charge is 0.469 e. The molecule has 3 amide bonds. The Morgan fingerprint density at radius 1 is 1.19 bits per heavy atom. The molecule has 2 aliphatic rings. The Hall–Kier alpha value is -1.92. The molecule has 7 heteroatoms. The summed E-state index contributed by atoms with van der Waals surface area (Å²) in [4.78, 5) is 49.4. The molecule has 0 aliphatic carbocycles. The Morgan fingerprint density at radius 3 is 2.38 bits per heavy atom. The number of amides is 3. The smallest absolute Gasteiger partial charge is 0.310 e. The highest BCUT2D eigenvalue weighted by molar-refractivity contribution is 6.02. The van der Waals surface area contributed by atoms with Crippen molar-refractivity contribution in [3.05, 3.63) is 0 Å². The Bertz CT molecular complexity index is 460. The molecule has 2 rings (SSSR count). The van der Waals surface area contributed by atoms with Gasteiger partial charge in [0.15, 0.2) is 0 Å². The molecule has 2 heterocycles. The molecule has 0 saturated carbocycles. The molecule has 21 heavy (non-hydrogen) atoms. The number of carbonyl (C=O) groups is 4. The Kier molecular flexibility index (Phi) is 4.59. The van der Waals surface area contributed by atoms with Gasteiger partial charge in [-0.05, 0) is 5.92 Å². The first-order chi connectivity index (χ1) is 9.93. The fourth-order valence-electron chi connectivity index (χ4n) is 2.87. The lowest BCUT2D eigenvalue weighted by Gasteiger charge is -2.18. The maximum absolute atomic E-state index is 12.1.